The van der Waals surface area contributed by atoms with Gasteiger partial charge in [-0.25, -0.2) is 12.8 Å². The molecule has 2 aromatic carbocycles. The van der Waals surface area contributed by atoms with E-state index in [4.69, 9.17) is 4.74 Å². The lowest BCUT2D eigenvalue weighted by Gasteiger charge is -2.37. The summed E-state index contributed by atoms with van der Waals surface area (Å²) in [5, 5.41) is 2.71. The Morgan fingerprint density at radius 2 is 1.77 bits per heavy atom. The smallest absolute Gasteiger partial charge is 0.243 e. The highest BCUT2D eigenvalue weighted by atomic mass is 32.2. The number of hydrogen-bond acceptors (Lipinski definition) is 4. The molecule has 30 heavy (non-hydrogen) atoms. The molecule has 8 heteroatoms. The number of methoxy groups -OCH3 is 1. The number of halogens is 1. The number of benzene rings is 2. The SMILES string of the molecule is COc1ccc(CC(=O)Nc2ccc(S(=O)(=O)N3[C@@H](C)CCC[C@@H]3C)cc2)cc1F. The summed E-state index contributed by atoms with van der Waals surface area (Å²) >= 11 is 0. The molecule has 0 aliphatic carbocycles. The van der Waals surface area contributed by atoms with E-state index in [9.17, 15) is 17.6 Å². The summed E-state index contributed by atoms with van der Waals surface area (Å²) in [6.07, 6.45) is 2.72. The molecule has 6 nitrogen and oxygen atoms in total. The van der Waals surface area contributed by atoms with E-state index in [1.54, 1.807) is 22.5 Å². The molecule has 1 fully saturated rings. The first-order valence-corrected chi connectivity index (χ1v) is 11.4. The molecule has 2 aromatic rings. The fourth-order valence-electron chi connectivity index (χ4n) is 3.91. The van der Waals surface area contributed by atoms with Crippen molar-refractivity contribution in [1.29, 1.82) is 0 Å². The molecule has 1 N–H and O–H groups in total. The van der Waals surface area contributed by atoms with Crippen molar-refractivity contribution in [3.05, 3.63) is 53.8 Å². The van der Waals surface area contributed by atoms with Gasteiger partial charge in [0.2, 0.25) is 15.9 Å². The number of piperidine rings is 1. The zero-order valence-corrected chi connectivity index (χ0v) is 18.2. The minimum Gasteiger partial charge on any atom is -0.494 e. The van der Waals surface area contributed by atoms with E-state index >= 15 is 0 Å². The van der Waals surface area contributed by atoms with Crippen molar-refractivity contribution in [3.63, 3.8) is 0 Å². The lowest BCUT2D eigenvalue weighted by Crippen LogP contribution is -2.47. The Bertz CT molecular complexity index is 998. The van der Waals surface area contributed by atoms with Gasteiger partial charge in [0.05, 0.1) is 18.4 Å². The molecule has 0 unspecified atom stereocenters. The van der Waals surface area contributed by atoms with Crippen LogP contribution in [-0.2, 0) is 21.2 Å². The standard InChI is InChI=1S/C22H27FN2O4S/c1-15-5-4-6-16(2)25(15)30(27,28)19-10-8-18(9-11-19)24-22(26)14-17-7-12-21(29-3)20(23)13-17/h7-13,15-16H,4-6,14H2,1-3H3,(H,24,26)/t15-,16-/m0/s1. The van der Waals surface area contributed by atoms with Crippen molar-refractivity contribution in [2.75, 3.05) is 12.4 Å². The monoisotopic (exact) mass is 434 g/mol. The number of anilines is 1. The van der Waals surface area contributed by atoms with Gasteiger partial charge in [-0.3, -0.25) is 4.79 Å². The van der Waals surface area contributed by atoms with Gasteiger partial charge in [0.15, 0.2) is 11.6 Å². The predicted molar refractivity (Wildman–Crippen MR) is 114 cm³/mol. The molecular formula is C22H27FN2O4S. The first-order chi connectivity index (χ1) is 14.2. The van der Waals surface area contributed by atoms with Gasteiger partial charge in [-0.05, 0) is 68.7 Å². The number of carbonyl (C=O) groups is 1. The first-order valence-electron chi connectivity index (χ1n) is 9.98. The summed E-state index contributed by atoms with van der Waals surface area (Å²) < 4.78 is 46.3. The number of carbonyl (C=O) groups excluding carboxylic acids is 1. The van der Waals surface area contributed by atoms with E-state index in [1.807, 2.05) is 13.8 Å². The van der Waals surface area contributed by atoms with Crippen molar-refractivity contribution in [2.45, 2.75) is 56.5 Å². The number of sulfonamides is 1. The fraction of sp³-hybridized carbons (Fsp3) is 0.409. The molecule has 0 aromatic heterocycles. The van der Waals surface area contributed by atoms with Crippen LogP contribution in [0.4, 0.5) is 10.1 Å². The Balaban J connectivity index is 1.68. The number of hydrogen-bond donors (Lipinski definition) is 1. The number of ether oxygens (including phenoxy) is 1. The topological polar surface area (TPSA) is 75.7 Å². The summed E-state index contributed by atoms with van der Waals surface area (Å²) in [5.74, 6) is -0.736. The zero-order chi connectivity index (χ0) is 21.9. The van der Waals surface area contributed by atoms with Gasteiger partial charge in [-0.1, -0.05) is 12.5 Å². The second-order valence-corrected chi connectivity index (χ2v) is 9.53. The maximum absolute atomic E-state index is 13.8. The van der Waals surface area contributed by atoms with Gasteiger partial charge < -0.3 is 10.1 Å². The molecule has 0 saturated carbocycles. The third-order valence-corrected chi connectivity index (χ3v) is 7.55. The van der Waals surface area contributed by atoms with Gasteiger partial charge in [0.1, 0.15) is 0 Å². The molecule has 1 saturated heterocycles. The van der Waals surface area contributed by atoms with Gasteiger partial charge >= 0.3 is 0 Å². The number of nitrogens with one attached hydrogen (secondary N) is 1. The lowest BCUT2D eigenvalue weighted by atomic mass is 10.0. The highest BCUT2D eigenvalue weighted by Gasteiger charge is 2.35. The van der Waals surface area contributed by atoms with Crippen LogP contribution >= 0.6 is 0 Å². The third-order valence-electron chi connectivity index (χ3n) is 5.41. The lowest BCUT2D eigenvalue weighted by molar-refractivity contribution is -0.115. The molecule has 1 aliphatic rings. The van der Waals surface area contributed by atoms with Crippen molar-refractivity contribution in [3.8, 4) is 5.75 Å². The summed E-state index contributed by atoms with van der Waals surface area (Å²) in [7, 11) is -2.22. The molecule has 3 rings (SSSR count). The maximum Gasteiger partial charge on any atom is 0.243 e. The molecule has 162 valence electrons. The fourth-order valence-corrected chi connectivity index (χ4v) is 5.80. The summed E-state index contributed by atoms with van der Waals surface area (Å²) in [6, 6.07) is 10.4. The quantitative estimate of drug-likeness (QED) is 0.747. The van der Waals surface area contributed by atoms with E-state index in [0.29, 0.717) is 11.3 Å². The van der Waals surface area contributed by atoms with Crippen molar-refractivity contribution < 1.29 is 22.3 Å². The summed E-state index contributed by atoms with van der Waals surface area (Å²) in [4.78, 5) is 12.5. The van der Waals surface area contributed by atoms with Crippen LogP contribution in [0.2, 0.25) is 0 Å². The second-order valence-electron chi connectivity index (χ2n) is 7.68. The van der Waals surface area contributed by atoms with Gasteiger partial charge in [-0.15, -0.1) is 0 Å². The number of amides is 1. The number of rotatable bonds is 6. The second kappa shape index (κ2) is 9.14. The molecule has 1 heterocycles. The van der Waals surface area contributed by atoms with Gasteiger partial charge in [0, 0.05) is 17.8 Å². The summed E-state index contributed by atoms with van der Waals surface area (Å²) in [5.41, 5.74) is 0.991. The molecule has 1 aliphatic heterocycles. The Morgan fingerprint density at radius 3 is 2.33 bits per heavy atom. The van der Waals surface area contributed by atoms with Crippen LogP contribution in [0.25, 0.3) is 0 Å². The van der Waals surface area contributed by atoms with Crippen LogP contribution in [0.5, 0.6) is 5.75 Å². The van der Waals surface area contributed by atoms with Crippen LogP contribution in [0.1, 0.15) is 38.7 Å². The van der Waals surface area contributed by atoms with E-state index in [0.717, 1.165) is 19.3 Å². The highest BCUT2D eigenvalue weighted by Crippen LogP contribution is 2.30. The van der Waals surface area contributed by atoms with Crippen LogP contribution < -0.4 is 10.1 Å². The molecule has 0 spiro atoms. The summed E-state index contributed by atoms with van der Waals surface area (Å²) in [6.45, 7) is 3.87. The van der Waals surface area contributed by atoms with Gasteiger partial charge in [-0.2, -0.15) is 4.31 Å². The normalized spacial score (nSPS) is 20.0. The number of nitrogens with zero attached hydrogens (tertiary/aromatic N) is 1. The van der Waals surface area contributed by atoms with Crippen molar-refractivity contribution in [2.24, 2.45) is 0 Å². The van der Waals surface area contributed by atoms with E-state index in [2.05, 4.69) is 5.32 Å². The zero-order valence-electron chi connectivity index (χ0n) is 17.4. The highest BCUT2D eigenvalue weighted by molar-refractivity contribution is 7.89. The van der Waals surface area contributed by atoms with E-state index < -0.39 is 15.8 Å². The molecular weight excluding hydrogens is 407 g/mol. The van der Waals surface area contributed by atoms with E-state index in [1.165, 1.54) is 31.4 Å². The van der Waals surface area contributed by atoms with Crippen LogP contribution in [0.15, 0.2) is 47.4 Å². The Kier molecular flexibility index (Phi) is 6.77. The van der Waals surface area contributed by atoms with Gasteiger partial charge in [0.25, 0.3) is 0 Å². The largest absolute Gasteiger partial charge is 0.494 e. The van der Waals surface area contributed by atoms with Crippen LogP contribution in [0, 0.1) is 5.82 Å². The Labute approximate surface area is 177 Å². The molecule has 0 bridgehead atoms. The minimum atomic E-state index is -3.60. The molecule has 2 atom stereocenters. The first kappa shape index (κ1) is 22.2. The minimum absolute atomic E-state index is 0.0101. The van der Waals surface area contributed by atoms with Crippen molar-refractivity contribution in [1.82, 2.24) is 4.31 Å². The van der Waals surface area contributed by atoms with E-state index in [-0.39, 0.29) is 35.1 Å². The average molecular weight is 435 g/mol. The third kappa shape index (κ3) is 4.82. The average Bonchev–Trinajstić information content (AvgIpc) is 2.68. The Hall–Kier alpha value is -2.45. The molecule has 0 radical (unpaired) electrons. The predicted octanol–water partition coefficient (Wildman–Crippen LogP) is 3.97. The van der Waals surface area contributed by atoms with Crippen molar-refractivity contribution >= 4 is 21.6 Å². The Morgan fingerprint density at radius 1 is 1.13 bits per heavy atom. The van der Waals surface area contributed by atoms with Crippen LogP contribution in [0.3, 0.4) is 0 Å². The molecule has 1 amide bonds. The maximum atomic E-state index is 13.8. The van der Waals surface area contributed by atoms with Crippen LogP contribution in [-0.4, -0.2) is 37.8 Å².